The van der Waals surface area contributed by atoms with Crippen LogP contribution in [0.1, 0.15) is 50.9 Å². The van der Waals surface area contributed by atoms with Crippen LogP contribution in [0.15, 0.2) is 51.9 Å². The van der Waals surface area contributed by atoms with Crippen molar-refractivity contribution in [1.82, 2.24) is 14.4 Å². The topological polar surface area (TPSA) is 115 Å². The summed E-state index contributed by atoms with van der Waals surface area (Å²) in [6.45, 7) is 10.1. The lowest BCUT2D eigenvalue weighted by Crippen LogP contribution is -2.31. The Kier molecular flexibility index (Phi) is 7.42. The summed E-state index contributed by atoms with van der Waals surface area (Å²) in [6.07, 6.45) is 0. The standard InChI is InChI=1S/C24H30N4O5S/c1-7-28(8-2)34(30,31)20-15-17(11-14-19(20)32-6)22(29)25-18-12-9-16(10-13-18)21-26-23(33-27-21)24(3,4)5/h9-15H,7-8H2,1-6H3,(H,25,29). The van der Waals surface area contributed by atoms with Gasteiger partial charge in [-0.25, -0.2) is 8.42 Å². The zero-order chi connectivity index (χ0) is 25.1. The van der Waals surface area contributed by atoms with E-state index in [1.54, 1.807) is 38.1 Å². The minimum atomic E-state index is -3.81. The van der Waals surface area contributed by atoms with Gasteiger partial charge in [0.2, 0.25) is 21.7 Å². The molecule has 0 spiro atoms. The number of benzene rings is 2. The predicted octanol–water partition coefficient (Wildman–Crippen LogP) is 4.33. The second-order valence-electron chi connectivity index (χ2n) is 8.66. The molecule has 1 heterocycles. The number of hydrogen-bond acceptors (Lipinski definition) is 7. The highest BCUT2D eigenvalue weighted by Crippen LogP contribution is 2.29. The molecule has 3 aromatic rings. The summed E-state index contributed by atoms with van der Waals surface area (Å²) >= 11 is 0. The molecule has 9 nitrogen and oxygen atoms in total. The summed E-state index contributed by atoms with van der Waals surface area (Å²) in [6, 6.07) is 11.3. The second-order valence-corrected chi connectivity index (χ2v) is 10.6. The number of amides is 1. The van der Waals surface area contributed by atoms with Crippen LogP contribution in [0.2, 0.25) is 0 Å². The van der Waals surface area contributed by atoms with E-state index in [4.69, 9.17) is 9.26 Å². The number of nitrogens with one attached hydrogen (secondary N) is 1. The maximum Gasteiger partial charge on any atom is 0.255 e. The number of anilines is 1. The highest BCUT2D eigenvalue weighted by atomic mass is 32.2. The van der Waals surface area contributed by atoms with Gasteiger partial charge in [-0.2, -0.15) is 9.29 Å². The third-order valence-electron chi connectivity index (χ3n) is 5.22. The summed E-state index contributed by atoms with van der Waals surface area (Å²) in [4.78, 5) is 17.3. The highest BCUT2D eigenvalue weighted by Gasteiger charge is 2.27. The Balaban J connectivity index is 1.82. The number of sulfonamides is 1. The monoisotopic (exact) mass is 486 g/mol. The summed E-state index contributed by atoms with van der Waals surface area (Å²) in [5.41, 5.74) is 1.23. The first-order valence-electron chi connectivity index (χ1n) is 11.0. The first kappa shape index (κ1) is 25.4. The molecule has 0 radical (unpaired) electrons. The third kappa shape index (κ3) is 5.28. The van der Waals surface area contributed by atoms with E-state index in [9.17, 15) is 13.2 Å². The fraction of sp³-hybridized carbons (Fsp3) is 0.375. The van der Waals surface area contributed by atoms with Gasteiger partial charge in [-0.05, 0) is 42.5 Å². The number of aromatic nitrogens is 2. The van der Waals surface area contributed by atoms with Gasteiger partial charge >= 0.3 is 0 Å². The molecule has 0 atom stereocenters. The van der Waals surface area contributed by atoms with Crippen LogP contribution in [-0.2, 0) is 15.4 Å². The number of rotatable bonds is 8. The zero-order valence-corrected chi connectivity index (χ0v) is 21.1. The summed E-state index contributed by atoms with van der Waals surface area (Å²) in [5.74, 6) is 0.739. The molecule has 34 heavy (non-hydrogen) atoms. The zero-order valence-electron chi connectivity index (χ0n) is 20.2. The van der Waals surface area contributed by atoms with Gasteiger partial charge in [-0.15, -0.1) is 0 Å². The molecule has 2 aromatic carbocycles. The van der Waals surface area contributed by atoms with Crippen molar-refractivity contribution in [2.45, 2.75) is 44.9 Å². The van der Waals surface area contributed by atoms with Gasteiger partial charge in [0.15, 0.2) is 0 Å². The van der Waals surface area contributed by atoms with E-state index in [1.807, 2.05) is 20.8 Å². The lowest BCUT2D eigenvalue weighted by molar-refractivity contribution is 0.102. The molecule has 10 heteroatoms. The molecule has 182 valence electrons. The van der Waals surface area contributed by atoms with Gasteiger partial charge in [0.1, 0.15) is 10.6 Å². The molecule has 0 fully saturated rings. The molecular formula is C24H30N4O5S. The molecule has 3 rings (SSSR count). The number of carbonyl (C=O) groups is 1. The van der Waals surface area contributed by atoms with Crippen LogP contribution < -0.4 is 10.1 Å². The van der Waals surface area contributed by atoms with Crippen molar-refractivity contribution >= 4 is 21.6 Å². The van der Waals surface area contributed by atoms with Crippen molar-refractivity contribution in [3.05, 3.63) is 53.9 Å². The maximum absolute atomic E-state index is 13.0. The average molecular weight is 487 g/mol. The van der Waals surface area contributed by atoms with E-state index in [2.05, 4.69) is 15.5 Å². The Labute approximate surface area is 200 Å². The van der Waals surface area contributed by atoms with Gasteiger partial charge in [-0.1, -0.05) is 39.8 Å². The van der Waals surface area contributed by atoms with Gasteiger partial charge < -0.3 is 14.6 Å². The van der Waals surface area contributed by atoms with Crippen LogP contribution in [0.3, 0.4) is 0 Å². The molecule has 1 amide bonds. The summed E-state index contributed by atoms with van der Waals surface area (Å²) in [5, 5.41) is 6.81. The minimum Gasteiger partial charge on any atom is -0.495 e. The van der Waals surface area contributed by atoms with Crippen molar-refractivity contribution in [2.75, 3.05) is 25.5 Å². The molecule has 1 aromatic heterocycles. The van der Waals surface area contributed by atoms with Gasteiger partial charge in [0.05, 0.1) is 7.11 Å². The molecule has 0 unspecified atom stereocenters. The van der Waals surface area contributed by atoms with Crippen LogP contribution >= 0.6 is 0 Å². The molecule has 0 aliphatic heterocycles. The summed E-state index contributed by atoms with van der Waals surface area (Å²) < 4.78 is 38.0. The maximum atomic E-state index is 13.0. The number of carbonyl (C=O) groups excluding carboxylic acids is 1. The van der Waals surface area contributed by atoms with Crippen molar-refractivity contribution in [3.63, 3.8) is 0 Å². The average Bonchev–Trinajstić information content (AvgIpc) is 3.31. The first-order valence-corrected chi connectivity index (χ1v) is 12.4. The van der Waals surface area contributed by atoms with Crippen molar-refractivity contribution < 1.29 is 22.5 Å². The van der Waals surface area contributed by atoms with Crippen LogP contribution in [0.4, 0.5) is 5.69 Å². The fourth-order valence-electron chi connectivity index (χ4n) is 3.27. The molecule has 0 aliphatic rings. The smallest absolute Gasteiger partial charge is 0.255 e. The van der Waals surface area contributed by atoms with Crippen molar-refractivity contribution in [2.24, 2.45) is 0 Å². The van der Waals surface area contributed by atoms with Gasteiger partial charge in [0.25, 0.3) is 5.91 Å². The Hall–Kier alpha value is -3.24. The van der Waals surface area contributed by atoms with Crippen molar-refractivity contribution in [1.29, 1.82) is 0 Å². The second kappa shape index (κ2) is 9.94. The third-order valence-corrected chi connectivity index (χ3v) is 7.29. The van der Waals surface area contributed by atoms with Crippen LogP contribution in [0.25, 0.3) is 11.4 Å². The number of hydrogen-bond donors (Lipinski definition) is 1. The predicted molar refractivity (Wildman–Crippen MR) is 129 cm³/mol. The molecular weight excluding hydrogens is 456 g/mol. The van der Waals surface area contributed by atoms with E-state index < -0.39 is 15.9 Å². The minimum absolute atomic E-state index is 0.0477. The molecule has 0 aliphatic carbocycles. The molecule has 1 N–H and O–H groups in total. The van der Waals surface area contributed by atoms with E-state index in [1.165, 1.54) is 29.6 Å². The molecule has 0 bridgehead atoms. The van der Waals surface area contributed by atoms with E-state index in [0.29, 0.717) is 30.5 Å². The molecule has 0 saturated heterocycles. The Morgan fingerprint density at radius 3 is 2.26 bits per heavy atom. The Bertz CT molecular complexity index is 1260. The first-order chi connectivity index (χ1) is 16.0. The molecule has 0 saturated carbocycles. The normalized spacial score (nSPS) is 12.1. The highest BCUT2D eigenvalue weighted by molar-refractivity contribution is 7.89. The van der Waals surface area contributed by atoms with Gasteiger partial charge in [0, 0.05) is 35.3 Å². The fourth-order valence-corrected chi connectivity index (χ4v) is 4.91. The van der Waals surface area contributed by atoms with Crippen LogP contribution in [0, 0.1) is 0 Å². The quantitative estimate of drug-likeness (QED) is 0.504. The SMILES string of the molecule is CCN(CC)S(=O)(=O)c1cc(C(=O)Nc2ccc(-c3noc(C(C)(C)C)n3)cc2)ccc1OC. The van der Waals surface area contributed by atoms with E-state index >= 15 is 0 Å². The van der Waals surface area contributed by atoms with Crippen LogP contribution in [-0.4, -0.2) is 49.0 Å². The van der Waals surface area contributed by atoms with Crippen molar-refractivity contribution in [3.8, 4) is 17.1 Å². The summed E-state index contributed by atoms with van der Waals surface area (Å²) in [7, 11) is -2.42. The largest absolute Gasteiger partial charge is 0.495 e. The Morgan fingerprint density at radius 1 is 1.09 bits per heavy atom. The van der Waals surface area contributed by atoms with E-state index in [-0.39, 0.29) is 21.6 Å². The van der Waals surface area contributed by atoms with E-state index in [0.717, 1.165) is 5.56 Å². The van der Waals surface area contributed by atoms with Crippen LogP contribution in [0.5, 0.6) is 5.75 Å². The lowest BCUT2D eigenvalue weighted by Gasteiger charge is -2.20. The number of methoxy groups -OCH3 is 1. The Morgan fingerprint density at radius 2 is 1.74 bits per heavy atom. The number of ether oxygens (including phenoxy) is 1. The van der Waals surface area contributed by atoms with Gasteiger partial charge in [-0.3, -0.25) is 4.79 Å². The number of nitrogens with zero attached hydrogens (tertiary/aromatic N) is 3. The lowest BCUT2D eigenvalue weighted by atomic mass is 9.97.